The fraction of sp³-hybridized carbons (Fsp3) is 0.333. The highest BCUT2D eigenvalue weighted by Crippen LogP contribution is 2.12. The Kier molecular flexibility index (Phi) is 2.07. The lowest BCUT2D eigenvalue weighted by molar-refractivity contribution is 0.106. The van der Waals surface area contributed by atoms with E-state index in [0.29, 0.717) is 0 Å². The molecule has 0 aliphatic rings. The predicted molar refractivity (Wildman–Crippen MR) is 40.3 cm³/mol. The molecule has 0 aliphatic heterocycles. The van der Waals surface area contributed by atoms with E-state index < -0.39 is 6.10 Å². The van der Waals surface area contributed by atoms with Gasteiger partial charge >= 0.3 is 0 Å². The van der Waals surface area contributed by atoms with Gasteiger partial charge in [-0.2, -0.15) is 0 Å². The lowest BCUT2D eigenvalue weighted by Crippen LogP contribution is -1.87. The Morgan fingerprint density at radius 1 is 1.20 bits per heavy atom. The third-order valence-electron chi connectivity index (χ3n) is 1.55. The molecule has 0 heterocycles. The Morgan fingerprint density at radius 2 is 1.70 bits per heavy atom. The van der Waals surface area contributed by atoms with Crippen LogP contribution in [0.4, 0.5) is 0 Å². The molecule has 0 aliphatic carbocycles. The van der Waals surface area contributed by atoms with Crippen LogP contribution in [0.5, 0.6) is 0 Å². The summed E-state index contributed by atoms with van der Waals surface area (Å²) in [4.78, 5) is 0. The van der Waals surface area contributed by atoms with E-state index in [2.05, 4.69) is 0 Å². The van der Waals surface area contributed by atoms with Crippen molar-refractivity contribution in [3.63, 3.8) is 0 Å². The van der Waals surface area contributed by atoms with Gasteiger partial charge in [0.25, 0.3) is 0 Å². The van der Waals surface area contributed by atoms with Gasteiger partial charge in [0.2, 0.25) is 0 Å². The van der Waals surface area contributed by atoms with Crippen molar-refractivity contribution in [3.8, 4) is 0 Å². The van der Waals surface area contributed by atoms with E-state index in [9.17, 15) is 5.11 Å². The summed E-state index contributed by atoms with van der Waals surface area (Å²) in [6, 6.07) is 7.69. The van der Waals surface area contributed by atoms with Crippen molar-refractivity contribution in [1.82, 2.24) is 0 Å². The first kappa shape index (κ1) is 7.29. The summed E-state index contributed by atoms with van der Waals surface area (Å²) < 4.78 is 0. The van der Waals surface area contributed by atoms with Gasteiger partial charge in [-0.25, -0.2) is 5.11 Å². The van der Waals surface area contributed by atoms with Gasteiger partial charge in [0.15, 0.2) is 0 Å². The Balaban J connectivity index is 2.89. The molecular weight excluding hydrogens is 124 g/mol. The molecule has 0 fully saturated rings. The summed E-state index contributed by atoms with van der Waals surface area (Å²) in [5.74, 6) is 0. The quantitative estimate of drug-likeness (QED) is 0.563. The van der Waals surface area contributed by atoms with Crippen molar-refractivity contribution in [2.75, 3.05) is 0 Å². The van der Waals surface area contributed by atoms with E-state index in [1.807, 2.05) is 31.2 Å². The second-order valence-corrected chi connectivity index (χ2v) is 2.55. The minimum atomic E-state index is -0.597. The van der Waals surface area contributed by atoms with Crippen molar-refractivity contribution < 1.29 is 5.11 Å². The zero-order valence-electron chi connectivity index (χ0n) is 6.29. The van der Waals surface area contributed by atoms with E-state index in [-0.39, 0.29) is 0 Å². The first-order valence-electron chi connectivity index (χ1n) is 3.42. The first-order valence-corrected chi connectivity index (χ1v) is 3.42. The highest BCUT2D eigenvalue weighted by atomic mass is 16.3. The lowest BCUT2D eigenvalue weighted by atomic mass is 10.1. The maximum atomic E-state index is 10.8. The second kappa shape index (κ2) is 2.84. The van der Waals surface area contributed by atoms with Gasteiger partial charge in [-0.1, -0.05) is 29.8 Å². The van der Waals surface area contributed by atoms with E-state index in [1.165, 1.54) is 5.56 Å². The summed E-state index contributed by atoms with van der Waals surface area (Å²) in [7, 11) is 0. The number of hydrogen-bond acceptors (Lipinski definition) is 0. The van der Waals surface area contributed by atoms with Crippen molar-refractivity contribution in [3.05, 3.63) is 35.4 Å². The molecule has 1 aromatic carbocycles. The molecule has 1 radical (unpaired) electrons. The van der Waals surface area contributed by atoms with Gasteiger partial charge in [-0.05, 0) is 19.4 Å². The Bertz CT molecular complexity index is 198. The van der Waals surface area contributed by atoms with Gasteiger partial charge in [-0.3, -0.25) is 0 Å². The summed E-state index contributed by atoms with van der Waals surface area (Å²) in [6.45, 7) is 3.67. The maximum absolute atomic E-state index is 10.8. The molecule has 53 valence electrons. The molecule has 10 heavy (non-hydrogen) atoms. The lowest BCUT2D eigenvalue weighted by Gasteiger charge is -2.00. The highest BCUT2D eigenvalue weighted by Gasteiger charge is 1.99. The van der Waals surface area contributed by atoms with E-state index >= 15 is 0 Å². The monoisotopic (exact) mass is 135 g/mol. The minimum absolute atomic E-state index is 0.597. The van der Waals surface area contributed by atoms with Gasteiger partial charge < -0.3 is 0 Å². The molecule has 1 rings (SSSR count). The molecule has 1 unspecified atom stereocenters. The first-order chi connectivity index (χ1) is 4.70. The van der Waals surface area contributed by atoms with Gasteiger partial charge in [-0.15, -0.1) is 0 Å². The van der Waals surface area contributed by atoms with Crippen molar-refractivity contribution in [1.29, 1.82) is 0 Å². The van der Waals surface area contributed by atoms with Crippen LogP contribution in [0, 0.1) is 6.92 Å². The third-order valence-corrected chi connectivity index (χ3v) is 1.55. The largest absolute Gasteiger partial charge is 0.228 e. The normalized spacial score (nSPS) is 13.1. The van der Waals surface area contributed by atoms with E-state index in [4.69, 9.17) is 0 Å². The number of hydrogen-bond donors (Lipinski definition) is 0. The molecule has 0 N–H and O–H groups in total. The molecule has 0 bridgehead atoms. The minimum Gasteiger partial charge on any atom is -0.228 e. The Hall–Kier alpha value is -0.820. The summed E-state index contributed by atoms with van der Waals surface area (Å²) >= 11 is 0. The van der Waals surface area contributed by atoms with Crippen LogP contribution in [-0.2, 0) is 5.11 Å². The molecule has 0 spiro atoms. The van der Waals surface area contributed by atoms with Crippen LogP contribution in [-0.4, -0.2) is 0 Å². The van der Waals surface area contributed by atoms with Crippen molar-refractivity contribution >= 4 is 0 Å². The van der Waals surface area contributed by atoms with Crippen LogP contribution in [0.25, 0.3) is 0 Å². The van der Waals surface area contributed by atoms with Crippen molar-refractivity contribution in [2.45, 2.75) is 20.0 Å². The number of rotatable bonds is 1. The fourth-order valence-corrected chi connectivity index (χ4v) is 0.837. The molecule has 1 atom stereocenters. The highest BCUT2D eigenvalue weighted by molar-refractivity contribution is 5.22. The SMILES string of the molecule is Cc1ccc(C(C)[O])cc1. The van der Waals surface area contributed by atoms with Gasteiger partial charge in [0, 0.05) is 0 Å². The van der Waals surface area contributed by atoms with Gasteiger partial charge in [0.1, 0.15) is 6.10 Å². The Morgan fingerprint density at radius 3 is 2.10 bits per heavy atom. The number of aryl methyl sites for hydroxylation is 1. The van der Waals surface area contributed by atoms with Crippen LogP contribution in [0.2, 0.25) is 0 Å². The van der Waals surface area contributed by atoms with Gasteiger partial charge in [0.05, 0.1) is 0 Å². The standard InChI is InChI=1S/C9H11O/c1-7-3-5-9(6-4-7)8(2)10/h3-6,8H,1-2H3. The maximum Gasteiger partial charge on any atom is 0.115 e. The van der Waals surface area contributed by atoms with Crippen LogP contribution in [0.1, 0.15) is 24.2 Å². The van der Waals surface area contributed by atoms with Crippen LogP contribution in [0.15, 0.2) is 24.3 Å². The van der Waals surface area contributed by atoms with E-state index in [1.54, 1.807) is 6.92 Å². The van der Waals surface area contributed by atoms with Crippen molar-refractivity contribution in [2.24, 2.45) is 0 Å². The van der Waals surface area contributed by atoms with Crippen LogP contribution < -0.4 is 0 Å². The van der Waals surface area contributed by atoms with Crippen LogP contribution in [0.3, 0.4) is 0 Å². The topological polar surface area (TPSA) is 19.9 Å². The van der Waals surface area contributed by atoms with E-state index in [0.717, 1.165) is 5.56 Å². The summed E-state index contributed by atoms with van der Waals surface area (Å²) in [5.41, 5.74) is 2.06. The van der Waals surface area contributed by atoms with Crippen LogP contribution >= 0.6 is 0 Å². The zero-order chi connectivity index (χ0) is 7.56. The second-order valence-electron chi connectivity index (χ2n) is 2.55. The molecule has 0 saturated carbocycles. The molecule has 1 heteroatoms. The fourth-order valence-electron chi connectivity index (χ4n) is 0.837. The summed E-state index contributed by atoms with van der Waals surface area (Å²) in [6.07, 6.45) is -0.597. The number of benzene rings is 1. The zero-order valence-corrected chi connectivity index (χ0v) is 6.29. The summed E-state index contributed by atoms with van der Waals surface area (Å²) in [5, 5.41) is 10.8. The molecule has 0 amide bonds. The third kappa shape index (κ3) is 1.58. The molecule has 1 aromatic rings. The smallest absolute Gasteiger partial charge is 0.115 e. The predicted octanol–water partition coefficient (Wildman–Crippen LogP) is 2.49. The molecule has 0 aromatic heterocycles. The average molecular weight is 135 g/mol. The average Bonchev–Trinajstić information content (AvgIpc) is 1.88. The molecule has 1 nitrogen and oxygen atoms in total. The molecule has 0 saturated heterocycles. The Labute approximate surface area is 61.3 Å². The molecular formula is C9H11O.